The third-order valence-electron chi connectivity index (χ3n) is 7.78. The molecule has 0 aromatic heterocycles. The highest BCUT2D eigenvalue weighted by Gasteiger charge is 2.07. The molecule has 1 nitrogen and oxygen atoms in total. The van der Waals surface area contributed by atoms with Crippen LogP contribution in [-0.4, -0.2) is 24.5 Å². The number of nitrogens with zero attached hydrogens (tertiary/aromatic N) is 1. The van der Waals surface area contributed by atoms with E-state index >= 15 is 0 Å². The summed E-state index contributed by atoms with van der Waals surface area (Å²) in [5.74, 6) is 0.805. The Kier molecular flexibility index (Phi) is 30.2. The maximum atomic E-state index is 2.78. The molecular weight excluding hydrogens is 422 g/mol. The molecule has 0 bridgehead atoms. The smallest absolute Gasteiger partial charge is 0.000438 e. The van der Waals surface area contributed by atoms with E-state index in [1.165, 1.54) is 187 Å². The predicted octanol–water partition coefficient (Wildman–Crippen LogP) is 12.1. The van der Waals surface area contributed by atoms with Crippen molar-refractivity contribution in [3.05, 3.63) is 0 Å². The number of unbranched alkanes of at least 4 members (excludes halogenated alkanes) is 24. The molecule has 0 heterocycles. The Labute approximate surface area is 225 Å². The van der Waals surface area contributed by atoms with Crippen molar-refractivity contribution >= 4 is 0 Å². The quantitative estimate of drug-likeness (QED) is 0.0899. The Morgan fingerprint density at radius 1 is 0.343 bits per heavy atom. The van der Waals surface area contributed by atoms with Crippen LogP contribution < -0.4 is 0 Å². The van der Waals surface area contributed by atoms with E-state index in [1.807, 2.05) is 0 Å². The van der Waals surface area contributed by atoms with Gasteiger partial charge in [-0.05, 0) is 31.8 Å². The fraction of sp³-hybridized carbons (Fsp3) is 1.00. The highest BCUT2D eigenvalue weighted by atomic mass is 15.1. The fourth-order valence-electron chi connectivity index (χ4n) is 5.52. The third-order valence-corrected chi connectivity index (χ3v) is 7.78. The standard InChI is InChI=1S/C34H71N/c1-5-7-9-11-13-15-17-19-21-23-25-27-29-31-35(33-34(3)4)32-30-28-26-24-22-20-18-16-14-12-10-8-6-2/h34H,5-33H2,1-4H3. The summed E-state index contributed by atoms with van der Waals surface area (Å²) in [6.07, 6.45) is 37.9. The molecule has 0 unspecified atom stereocenters. The summed E-state index contributed by atoms with van der Waals surface area (Å²) < 4.78 is 0. The highest BCUT2D eigenvalue weighted by molar-refractivity contribution is 4.62. The Bertz CT molecular complexity index is 334. The first-order valence-corrected chi connectivity index (χ1v) is 16.9. The highest BCUT2D eigenvalue weighted by Crippen LogP contribution is 2.15. The normalized spacial score (nSPS) is 11.8. The molecule has 0 aliphatic carbocycles. The van der Waals surface area contributed by atoms with Crippen molar-refractivity contribution in [3.63, 3.8) is 0 Å². The summed E-state index contributed by atoms with van der Waals surface area (Å²) in [4.78, 5) is 2.78. The van der Waals surface area contributed by atoms with Gasteiger partial charge in [0.15, 0.2) is 0 Å². The minimum atomic E-state index is 0.805. The van der Waals surface area contributed by atoms with Crippen LogP contribution in [0.5, 0.6) is 0 Å². The van der Waals surface area contributed by atoms with Crippen LogP contribution in [0.2, 0.25) is 0 Å². The van der Waals surface area contributed by atoms with Crippen LogP contribution in [0.15, 0.2) is 0 Å². The molecule has 0 aliphatic heterocycles. The molecule has 0 N–H and O–H groups in total. The Morgan fingerprint density at radius 2 is 0.571 bits per heavy atom. The van der Waals surface area contributed by atoms with Crippen molar-refractivity contribution in [2.45, 2.75) is 195 Å². The molecule has 1 heteroatoms. The molecule has 0 aliphatic rings. The molecule has 0 atom stereocenters. The Morgan fingerprint density at radius 3 is 0.800 bits per heavy atom. The first kappa shape index (κ1) is 35.0. The maximum absolute atomic E-state index is 2.78. The zero-order chi connectivity index (χ0) is 25.7. The van der Waals surface area contributed by atoms with E-state index in [9.17, 15) is 0 Å². The van der Waals surface area contributed by atoms with Gasteiger partial charge in [-0.1, -0.05) is 182 Å². The van der Waals surface area contributed by atoms with Crippen molar-refractivity contribution in [3.8, 4) is 0 Å². The summed E-state index contributed by atoms with van der Waals surface area (Å²) in [7, 11) is 0. The van der Waals surface area contributed by atoms with Gasteiger partial charge in [0, 0.05) is 6.54 Å². The molecule has 35 heavy (non-hydrogen) atoms. The molecule has 0 aromatic rings. The molecule has 0 fully saturated rings. The summed E-state index contributed by atoms with van der Waals surface area (Å²) >= 11 is 0. The minimum absolute atomic E-state index is 0.805. The lowest BCUT2D eigenvalue weighted by Crippen LogP contribution is -2.30. The van der Waals surface area contributed by atoms with E-state index in [4.69, 9.17) is 0 Å². The molecule has 0 saturated heterocycles. The van der Waals surface area contributed by atoms with E-state index < -0.39 is 0 Å². The third kappa shape index (κ3) is 30.1. The van der Waals surface area contributed by atoms with Crippen LogP contribution >= 0.6 is 0 Å². The zero-order valence-corrected chi connectivity index (χ0v) is 25.5. The van der Waals surface area contributed by atoms with E-state index in [-0.39, 0.29) is 0 Å². The minimum Gasteiger partial charge on any atom is -0.303 e. The van der Waals surface area contributed by atoms with E-state index in [0.29, 0.717) is 0 Å². The van der Waals surface area contributed by atoms with Crippen molar-refractivity contribution in [2.75, 3.05) is 19.6 Å². The Balaban J connectivity index is 3.50. The SMILES string of the molecule is CCCCCCCCCCCCCCCN(CCCCCCCCCCCCCCC)CC(C)C. The number of hydrogen-bond donors (Lipinski definition) is 0. The van der Waals surface area contributed by atoms with Gasteiger partial charge in [-0.3, -0.25) is 0 Å². The Hall–Kier alpha value is -0.0400. The largest absolute Gasteiger partial charge is 0.303 e. The van der Waals surface area contributed by atoms with Gasteiger partial charge in [-0.2, -0.15) is 0 Å². The second-order valence-electron chi connectivity index (χ2n) is 12.2. The zero-order valence-electron chi connectivity index (χ0n) is 25.5. The molecule has 0 amide bonds. The van der Waals surface area contributed by atoms with E-state index in [2.05, 4.69) is 32.6 Å². The molecule has 0 saturated carbocycles. The van der Waals surface area contributed by atoms with Gasteiger partial charge in [0.05, 0.1) is 0 Å². The summed E-state index contributed by atoms with van der Waals surface area (Å²) in [5.41, 5.74) is 0. The molecule has 212 valence electrons. The van der Waals surface area contributed by atoms with Gasteiger partial charge in [0.1, 0.15) is 0 Å². The van der Waals surface area contributed by atoms with Gasteiger partial charge >= 0.3 is 0 Å². The molecule has 0 rings (SSSR count). The second kappa shape index (κ2) is 30.2. The predicted molar refractivity (Wildman–Crippen MR) is 163 cm³/mol. The van der Waals surface area contributed by atoms with Crippen LogP contribution in [0.25, 0.3) is 0 Å². The van der Waals surface area contributed by atoms with Gasteiger partial charge < -0.3 is 4.90 Å². The average molecular weight is 494 g/mol. The lowest BCUT2D eigenvalue weighted by atomic mass is 10.0. The maximum Gasteiger partial charge on any atom is 0.000438 e. The number of hydrogen-bond acceptors (Lipinski definition) is 1. The van der Waals surface area contributed by atoms with Crippen molar-refractivity contribution in [2.24, 2.45) is 5.92 Å². The summed E-state index contributed by atoms with van der Waals surface area (Å²) in [5, 5.41) is 0. The monoisotopic (exact) mass is 494 g/mol. The summed E-state index contributed by atoms with van der Waals surface area (Å²) in [6, 6.07) is 0. The molecular formula is C34H71N. The van der Waals surface area contributed by atoms with Crippen LogP contribution in [-0.2, 0) is 0 Å². The van der Waals surface area contributed by atoms with Gasteiger partial charge in [-0.15, -0.1) is 0 Å². The van der Waals surface area contributed by atoms with Crippen molar-refractivity contribution in [1.29, 1.82) is 0 Å². The topological polar surface area (TPSA) is 3.24 Å². The molecule has 0 spiro atoms. The van der Waals surface area contributed by atoms with E-state index in [0.717, 1.165) is 5.92 Å². The lowest BCUT2D eigenvalue weighted by Gasteiger charge is -2.24. The van der Waals surface area contributed by atoms with Gasteiger partial charge in [0.2, 0.25) is 0 Å². The first-order valence-electron chi connectivity index (χ1n) is 16.9. The van der Waals surface area contributed by atoms with Crippen LogP contribution in [0.4, 0.5) is 0 Å². The molecule has 0 aromatic carbocycles. The summed E-state index contributed by atoms with van der Waals surface area (Å²) in [6.45, 7) is 13.4. The second-order valence-corrected chi connectivity index (χ2v) is 12.2. The van der Waals surface area contributed by atoms with Crippen LogP contribution in [0, 0.1) is 5.92 Å². The molecule has 0 radical (unpaired) electrons. The lowest BCUT2D eigenvalue weighted by molar-refractivity contribution is 0.233. The number of rotatable bonds is 30. The average Bonchev–Trinajstić information content (AvgIpc) is 2.84. The van der Waals surface area contributed by atoms with Crippen LogP contribution in [0.3, 0.4) is 0 Å². The van der Waals surface area contributed by atoms with Gasteiger partial charge in [-0.25, -0.2) is 0 Å². The van der Waals surface area contributed by atoms with Crippen molar-refractivity contribution < 1.29 is 0 Å². The van der Waals surface area contributed by atoms with Crippen LogP contribution in [0.1, 0.15) is 195 Å². The van der Waals surface area contributed by atoms with E-state index in [1.54, 1.807) is 0 Å². The fourth-order valence-corrected chi connectivity index (χ4v) is 5.52. The first-order chi connectivity index (χ1) is 17.2. The van der Waals surface area contributed by atoms with Crippen molar-refractivity contribution in [1.82, 2.24) is 4.90 Å². The van der Waals surface area contributed by atoms with Gasteiger partial charge in [0.25, 0.3) is 0 Å².